The number of halogens is 1. The van der Waals surface area contributed by atoms with Gasteiger partial charge in [0, 0.05) is 25.0 Å². The van der Waals surface area contributed by atoms with E-state index in [1.165, 1.54) is 22.8 Å². The lowest BCUT2D eigenvalue weighted by Gasteiger charge is -2.21. The molecule has 0 fully saturated rings. The minimum absolute atomic E-state index is 0.231. The highest BCUT2D eigenvalue weighted by Crippen LogP contribution is 2.16. The fraction of sp³-hybridized carbons (Fsp3) is 0.294. The molecule has 1 amide bonds. The predicted octanol–water partition coefficient (Wildman–Crippen LogP) is 2.81. The van der Waals surface area contributed by atoms with E-state index in [0.717, 1.165) is 0 Å². The third kappa shape index (κ3) is 2.79. The highest BCUT2D eigenvalue weighted by atomic mass is 19.1. The first-order valence-electron chi connectivity index (χ1n) is 7.26. The van der Waals surface area contributed by atoms with Gasteiger partial charge in [0.2, 0.25) is 0 Å². The Bertz CT molecular complexity index is 776. The topological polar surface area (TPSA) is 42.3 Å². The van der Waals surface area contributed by atoms with E-state index < -0.39 is 5.82 Å². The first-order valence-corrected chi connectivity index (χ1v) is 7.26. The van der Waals surface area contributed by atoms with E-state index in [-0.39, 0.29) is 23.7 Å². The smallest absolute Gasteiger partial charge is 0.270 e. The molecule has 0 spiro atoms. The van der Waals surface area contributed by atoms with Gasteiger partial charge in [-0.2, -0.15) is 0 Å². The summed E-state index contributed by atoms with van der Waals surface area (Å²) in [6.45, 7) is 8.69. The SMILES string of the molecule is C=CCn1c(C(=O)N(CC)CC)cc2cc(F)ccc2c1=O. The van der Waals surface area contributed by atoms with Crippen molar-refractivity contribution in [1.29, 1.82) is 0 Å². The van der Waals surface area contributed by atoms with Crippen molar-refractivity contribution in [2.45, 2.75) is 20.4 Å². The summed E-state index contributed by atoms with van der Waals surface area (Å²) in [6, 6.07) is 5.53. The Labute approximate surface area is 128 Å². The predicted molar refractivity (Wildman–Crippen MR) is 85.6 cm³/mol. The standard InChI is InChI=1S/C17H19FN2O2/c1-4-9-20-15(17(22)19(5-2)6-3)11-12-10-13(18)7-8-14(12)16(20)21/h4,7-8,10-11H,1,5-6,9H2,2-3H3. The van der Waals surface area contributed by atoms with Crippen LogP contribution in [0.4, 0.5) is 4.39 Å². The molecule has 22 heavy (non-hydrogen) atoms. The van der Waals surface area contributed by atoms with Crippen LogP contribution in [0.1, 0.15) is 24.3 Å². The van der Waals surface area contributed by atoms with Crippen LogP contribution in [-0.4, -0.2) is 28.5 Å². The van der Waals surface area contributed by atoms with E-state index in [4.69, 9.17) is 0 Å². The first kappa shape index (κ1) is 15.9. The molecule has 0 radical (unpaired) electrons. The summed E-state index contributed by atoms with van der Waals surface area (Å²) < 4.78 is 14.8. The van der Waals surface area contributed by atoms with Gasteiger partial charge in [0.25, 0.3) is 11.5 Å². The van der Waals surface area contributed by atoms with Gasteiger partial charge in [-0.1, -0.05) is 6.08 Å². The van der Waals surface area contributed by atoms with E-state index in [0.29, 0.717) is 23.9 Å². The lowest BCUT2D eigenvalue weighted by molar-refractivity contribution is 0.0761. The van der Waals surface area contributed by atoms with Gasteiger partial charge in [0.1, 0.15) is 11.5 Å². The average molecular weight is 302 g/mol. The Morgan fingerprint density at radius 3 is 2.59 bits per heavy atom. The van der Waals surface area contributed by atoms with Crippen molar-refractivity contribution in [3.8, 4) is 0 Å². The Morgan fingerprint density at radius 2 is 2.00 bits per heavy atom. The number of amides is 1. The minimum Gasteiger partial charge on any atom is -0.338 e. The molecule has 2 aromatic rings. The lowest BCUT2D eigenvalue weighted by atomic mass is 10.1. The summed E-state index contributed by atoms with van der Waals surface area (Å²) in [7, 11) is 0. The number of allylic oxidation sites excluding steroid dienone is 1. The third-order valence-electron chi connectivity index (χ3n) is 3.65. The van der Waals surface area contributed by atoms with Crippen molar-refractivity contribution >= 4 is 16.7 Å². The quantitative estimate of drug-likeness (QED) is 0.797. The van der Waals surface area contributed by atoms with Gasteiger partial charge >= 0.3 is 0 Å². The van der Waals surface area contributed by atoms with Gasteiger partial charge in [-0.25, -0.2) is 4.39 Å². The molecule has 0 aliphatic heterocycles. The Kier molecular flexibility index (Phi) is 4.75. The number of hydrogen-bond acceptors (Lipinski definition) is 2. The molecule has 1 aromatic carbocycles. The van der Waals surface area contributed by atoms with Crippen LogP contribution in [-0.2, 0) is 6.54 Å². The number of fused-ring (bicyclic) bond motifs is 1. The Balaban J connectivity index is 2.75. The van der Waals surface area contributed by atoms with E-state index in [1.54, 1.807) is 17.0 Å². The van der Waals surface area contributed by atoms with E-state index >= 15 is 0 Å². The second kappa shape index (κ2) is 6.56. The van der Waals surface area contributed by atoms with Crippen LogP contribution < -0.4 is 5.56 Å². The van der Waals surface area contributed by atoms with Crippen molar-refractivity contribution in [1.82, 2.24) is 9.47 Å². The molecule has 2 rings (SSSR count). The van der Waals surface area contributed by atoms with Gasteiger partial charge in [0.05, 0.1) is 0 Å². The van der Waals surface area contributed by atoms with E-state index in [9.17, 15) is 14.0 Å². The number of benzene rings is 1. The van der Waals surface area contributed by atoms with Gasteiger partial charge in [-0.3, -0.25) is 14.2 Å². The number of pyridine rings is 1. The van der Waals surface area contributed by atoms with Crippen molar-refractivity contribution in [2.24, 2.45) is 0 Å². The summed E-state index contributed by atoms with van der Waals surface area (Å²) in [6.07, 6.45) is 1.57. The molecule has 0 bridgehead atoms. The van der Waals surface area contributed by atoms with Gasteiger partial charge in [-0.15, -0.1) is 6.58 Å². The largest absolute Gasteiger partial charge is 0.338 e. The maximum absolute atomic E-state index is 13.4. The van der Waals surface area contributed by atoms with Crippen LogP contribution in [0.15, 0.2) is 41.7 Å². The second-order valence-electron chi connectivity index (χ2n) is 4.94. The van der Waals surface area contributed by atoms with Crippen LogP contribution >= 0.6 is 0 Å². The zero-order chi connectivity index (χ0) is 16.3. The summed E-state index contributed by atoms with van der Waals surface area (Å²) in [4.78, 5) is 26.8. The Hall–Kier alpha value is -2.43. The van der Waals surface area contributed by atoms with Crippen molar-refractivity contribution < 1.29 is 9.18 Å². The number of hydrogen-bond donors (Lipinski definition) is 0. The van der Waals surface area contributed by atoms with Crippen LogP contribution in [0.2, 0.25) is 0 Å². The Morgan fingerprint density at radius 1 is 1.32 bits per heavy atom. The molecular weight excluding hydrogens is 283 g/mol. The molecular formula is C17H19FN2O2. The van der Waals surface area contributed by atoms with Crippen molar-refractivity contribution in [3.63, 3.8) is 0 Å². The van der Waals surface area contributed by atoms with Crippen LogP contribution in [0.25, 0.3) is 10.8 Å². The summed E-state index contributed by atoms with van der Waals surface area (Å²) in [5.41, 5.74) is -0.0559. The van der Waals surface area contributed by atoms with Crippen LogP contribution in [0.5, 0.6) is 0 Å². The van der Waals surface area contributed by atoms with Crippen LogP contribution in [0, 0.1) is 5.82 Å². The molecule has 0 N–H and O–H groups in total. The van der Waals surface area contributed by atoms with Crippen molar-refractivity contribution in [3.05, 3.63) is 58.8 Å². The maximum atomic E-state index is 13.4. The highest BCUT2D eigenvalue weighted by Gasteiger charge is 2.19. The molecule has 4 nitrogen and oxygen atoms in total. The summed E-state index contributed by atoms with van der Waals surface area (Å²) in [5, 5.41) is 0.820. The number of aromatic nitrogens is 1. The fourth-order valence-corrected chi connectivity index (χ4v) is 2.49. The summed E-state index contributed by atoms with van der Waals surface area (Å²) in [5.74, 6) is -0.676. The molecule has 1 aromatic heterocycles. The van der Waals surface area contributed by atoms with E-state index in [1.807, 2.05) is 13.8 Å². The van der Waals surface area contributed by atoms with E-state index in [2.05, 4.69) is 6.58 Å². The number of carbonyl (C=O) groups excluding carboxylic acids is 1. The van der Waals surface area contributed by atoms with Gasteiger partial charge < -0.3 is 4.90 Å². The van der Waals surface area contributed by atoms with Gasteiger partial charge in [0.15, 0.2) is 0 Å². The van der Waals surface area contributed by atoms with Gasteiger partial charge in [-0.05, 0) is 43.5 Å². The summed E-state index contributed by atoms with van der Waals surface area (Å²) >= 11 is 0. The molecule has 0 saturated carbocycles. The first-order chi connectivity index (χ1) is 10.5. The molecule has 0 aliphatic carbocycles. The van der Waals surface area contributed by atoms with Crippen LogP contribution in [0.3, 0.4) is 0 Å². The molecule has 0 aliphatic rings. The molecule has 0 unspecified atom stereocenters. The molecule has 0 saturated heterocycles. The third-order valence-corrected chi connectivity index (χ3v) is 3.65. The normalized spacial score (nSPS) is 10.7. The monoisotopic (exact) mass is 302 g/mol. The second-order valence-corrected chi connectivity index (χ2v) is 4.94. The highest BCUT2D eigenvalue weighted by molar-refractivity contribution is 5.96. The molecule has 5 heteroatoms. The average Bonchev–Trinajstić information content (AvgIpc) is 2.50. The maximum Gasteiger partial charge on any atom is 0.270 e. The zero-order valence-corrected chi connectivity index (χ0v) is 12.8. The lowest BCUT2D eigenvalue weighted by Crippen LogP contribution is -2.35. The number of rotatable bonds is 5. The molecule has 1 heterocycles. The number of carbonyl (C=O) groups is 1. The van der Waals surface area contributed by atoms with Crippen molar-refractivity contribution in [2.75, 3.05) is 13.1 Å². The minimum atomic E-state index is -0.436. The zero-order valence-electron chi connectivity index (χ0n) is 12.8. The number of nitrogens with zero attached hydrogens (tertiary/aromatic N) is 2. The molecule has 0 atom stereocenters. The molecule has 116 valence electrons. The fourth-order valence-electron chi connectivity index (χ4n) is 2.49.